The molecule has 1 heterocycles. The van der Waals surface area contributed by atoms with Gasteiger partial charge in [0, 0.05) is 18.7 Å². The van der Waals surface area contributed by atoms with Crippen molar-refractivity contribution in [2.24, 2.45) is 10.9 Å². The molecule has 0 radical (unpaired) electrons. The highest BCUT2D eigenvalue weighted by Crippen LogP contribution is 2.22. The Balaban J connectivity index is 1.97. The molecule has 2 N–H and O–H groups in total. The molecule has 5 nitrogen and oxygen atoms in total. The Morgan fingerprint density at radius 3 is 2.65 bits per heavy atom. The van der Waals surface area contributed by atoms with Crippen molar-refractivity contribution in [2.45, 2.75) is 53.2 Å². The second-order valence-corrected chi connectivity index (χ2v) is 7.60. The number of benzene rings is 1. The van der Waals surface area contributed by atoms with Crippen LogP contribution in [0.2, 0.25) is 0 Å². The van der Waals surface area contributed by atoms with Gasteiger partial charge < -0.3 is 20.3 Å². The van der Waals surface area contributed by atoms with Crippen molar-refractivity contribution in [3.05, 3.63) is 29.3 Å². The summed E-state index contributed by atoms with van der Waals surface area (Å²) in [5.74, 6) is 2.56. The summed E-state index contributed by atoms with van der Waals surface area (Å²) in [4.78, 5) is 7.19. The van der Waals surface area contributed by atoms with E-state index in [1.807, 2.05) is 0 Å². The summed E-state index contributed by atoms with van der Waals surface area (Å²) in [7, 11) is 2.20. The number of hydrogen-bond acceptors (Lipinski definition) is 3. The number of rotatable bonds is 7. The van der Waals surface area contributed by atoms with Gasteiger partial charge in [-0.15, -0.1) is 0 Å². The van der Waals surface area contributed by atoms with Gasteiger partial charge in [-0.3, -0.25) is 0 Å². The van der Waals surface area contributed by atoms with E-state index in [1.165, 1.54) is 31.5 Å². The summed E-state index contributed by atoms with van der Waals surface area (Å²) in [5.41, 5.74) is 2.33. The highest BCUT2D eigenvalue weighted by Gasteiger charge is 2.16. The monoisotopic (exact) mass is 360 g/mol. The zero-order chi connectivity index (χ0) is 18.9. The average molecular weight is 361 g/mol. The van der Waals surface area contributed by atoms with Gasteiger partial charge in [0.2, 0.25) is 0 Å². The summed E-state index contributed by atoms with van der Waals surface area (Å²) in [5, 5.41) is 6.89. The van der Waals surface area contributed by atoms with Crippen molar-refractivity contribution in [1.29, 1.82) is 0 Å². The zero-order valence-electron chi connectivity index (χ0n) is 17.1. The van der Waals surface area contributed by atoms with Crippen molar-refractivity contribution in [3.63, 3.8) is 0 Å². The Morgan fingerprint density at radius 2 is 2.00 bits per heavy atom. The summed E-state index contributed by atoms with van der Waals surface area (Å²) in [6, 6.07) is 6.34. The third kappa shape index (κ3) is 6.87. The van der Waals surface area contributed by atoms with E-state index in [-0.39, 0.29) is 6.10 Å². The molecule has 1 saturated heterocycles. The summed E-state index contributed by atoms with van der Waals surface area (Å²) >= 11 is 0. The Kier molecular flexibility index (Phi) is 8.23. The highest BCUT2D eigenvalue weighted by atomic mass is 16.5. The molecule has 1 aromatic rings. The van der Waals surface area contributed by atoms with E-state index in [1.54, 1.807) is 0 Å². The summed E-state index contributed by atoms with van der Waals surface area (Å²) < 4.78 is 5.97. The molecule has 5 heteroatoms. The van der Waals surface area contributed by atoms with E-state index in [9.17, 15) is 0 Å². The molecule has 2 rings (SSSR count). The second-order valence-electron chi connectivity index (χ2n) is 7.60. The second kappa shape index (κ2) is 10.4. The number of aryl methyl sites for hydroxylation is 1. The molecule has 0 unspecified atom stereocenters. The number of guanidine groups is 1. The lowest BCUT2D eigenvalue weighted by molar-refractivity contribution is 0.220. The van der Waals surface area contributed by atoms with Crippen molar-refractivity contribution < 1.29 is 4.74 Å². The minimum absolute atomic E-state index is 0.162. The number of piperidine rings is 1. The topological polar surface area (TPSA) is 48.9 Å². The first-order valence-electron chi connectivity index (χ1n) is 9.94. The van der Waals surface area contributed by atoms with Crippen LogP contribution in [0, 0.1) is 12.8 Å². The maximum atomic E-state index is 5.97. The van der Waals surface area contributed by atoms with E-state index in [2.05, 4.69) is 68.5 Å². The molecule has 1 aliphatic rings. The van der Waals surface area contributed by atoms with Crippen molar-refractivity contribution in [1.82, 2.24) is 15.5 Å². The highest BCUT2D eigenvalue weighted by molar-refractivity contribution is 5.79. The zero-order valence-corrected chi connectivity index (χ0v) is 17.1. The standard InChI is InChI=1S/C21H36N4O/c1-6-22-21(23-14-18-9-11-25(5)12-10-18)24-15-19-8-7-17(4)13-20(19)26-16(2)3/h7-8,13,16,18H,6,9-12,14-15H2,1-5H3,(H2,22,23,24). The van der Waals surface area contributed by atoms with Gasteiger partial charge in [-0.05, 0) is 78.2 Å². The molecule has 0 aliphatic carbocycles. The quantitative estimate of drug-likeness (QED) is 0.579. The third-order valence-electron chi connectivity index (χ3n) is 4.73. The molecule has 0 bridgehead atoms. The fraction of sp³-hybridized carbons (Fsp3) is 0.667. The first kappa shape index (κ1) is 20.6. The molecule has 0 aromatic heterocycles. The maximum Gasteiger partial charge on any atom is 0.191 e. The number of aliphatic imine (C=N–C) groups is 1. The van der Waals surface area contributed by atoms with Crippen LogP contribution < -0.4 is 15.4 Å². The number of ether oxygens (including phenoxy) is 1. The molecule has 0 amide bonds. The predicted molar refractivity (Wildman–Crippen MR) is 110 cm³/mol. The van der Waals surface area contributed by atoms with Gasteiger partial charge in [-0.25, -0.2) is 4.99 Å². The molecular formula is C21H36N4O. The lowest BCUT2D eigenvalue weighted by Gasteiger charge is -2.29. The van der Waals surface area contributed by atoms with Gasteiger partial charge in [-0.2, -0.15) is 0 Å². The minimum atomic E-state index is 0.162. The average Bonchev–Trinajstić information content (AvgIpc) is 2.59. The van der Waals surface area contributed by atoms with E-state index in [4.69, 9.17) is 9.73 Å². The van der Waals surface area contributed by atoms with Crippen LogP contribution in [0.15, 0.2) is 23.2 Å². The molecule has 1 aromatic carbocycles. The molecule has 26 heavy (non-hydrogen) atoms. The Hall–Kier alpha value is -1.75. The molecule has 0 atom stereocenters. The van der Waals surface area contributed by atoms with Gasteiger partial charge in [0.05, 0.1) is 12.6 Å². The van der Waals surface area contributed by atoms with Crippen LogP contribution in [0.1, 0.15) is 44.7 Å². The minimum Gasteiger partial charge on any atom is -0.491 e. The van der Waals surface area contributed by atoms with Crippen LogP contribution in [-0.4, -0.2) is 50.2 Å². The van der Waals surface area contributed by atoms with E-state index >= 15 is 0 Å². The lowest BCUT2D eigenvalue weighted by Crippen LogP contribution is -2.42. The van der Waals surface area contributed by atoms with Crippen LogP contribution in [-0.2, 0) is 6.54 Å². The lowest BCUT2D eigenvalue weighted by atomic mass is 9.97. The molecular weight excluding hydrogens is 324 g/mol. The summed E-state index contributed by atoms with van der Waals surface area (Å²) in [6.45, 7) is 13.2. The summed E-state index contributed by atoms with van der Waals surface area (Å²) in [6.07, 6.45) is 2.68. The Bertz CT molecular complexity index is 577. The van der Waals surface area contributed by atoms with Crippen LogP contribution in [0.5, 0.6) is 5.75 Å². The first-order valence-corrected chi connectivity index (χ1v) is 9.94. The van der Waals surface area contributed by atoms with E-state index in [0.717, 1.165) is 36.3 Å². The SMILES string of the molecule is CCNC(=NCc1ccc(C)cc1OC(C)C)NCC1CCN(C)CC1. The smallest absolute Gasteiger partial charge is 0.191 e. The number of nitrogens with one attached hydrogen (secondary N) is 2. The van der Waals surface area contributed by atoms with E-state index < -0.39 is 0 Å². The third-order valence-corrected chi connectivity index (χ3v) is 4.73. The Labute approximate surface area is 159 Å². The van der Waals surface area contributed by atoms with Gasteiger partial charge in [0.15, 0.2) is 5.96 Å². The van der Waals surface area contributed by atoms with Gasteiger partial charge >= 0.3 is 0 Å². The van der Waals surface area contributed by atoms with Crippen LogP contribution in [0.4, 0.5) is 0 Å². The number of likely N-dealkylation sites (tertiary alicyclic amines) is 1. The van der Waals surface area contributed by atoms with Gasteiger partial charge in [0.1, 0.15) is 5.75 Å². The molecule has 1 fully saturated rings. The predicted octanol–water partition coefficient (Wildman–Crippen LogP) is 3.18. The van der Waals surface area contributed by atoms with Crippen LogP contribution in [0.25, 0.3) is 0 Å². The van der Waals surface area contributed by atoms with Crippen LogP contribution >= 0.6 is 0 Å². The van der Waals surface area contributed by atoms with Crippen molar-refractivity contribution in [3.8, 4) is 5.75 Å². The van der Waals surface area contributed by atoms with Crippen LogP contribution in [0.3, 0.4) is 0 Å². The van der Waals surface area contributed by atoms with E-state index in [0.29, 0.717) is 6.54 Å². The number of hydrogen-bond donors (Lipinski definition) is 2. The molecule has 0 spiro atoms. The maximum absolute atomic E-state index is 5.97. The van der Waals surface area contributed by atoms with Crippen molar-refractivity contribution >= 4 is 5.96 Å². The fourth-order valence-electron chi connectivity index (χ4n) is 3.17. The largest absolute Gasteiger partial charge is 0.491 e. The van der Waals surface area contributed by atoms with Gasteiger partial charge in [-0.1, -0.05) is 12.1 Å². The first-order chi connectivity index (χ1) is 12.5. The molecule has 0 saturated carbocycles. The normalized spacial score (nSPS) is 16.8. The Morgan fingerprint density at radius 1 is 1.27 bits per heavy atom. The van der Waals surface area contributed by atoms with Crippen molar-refractivity contribution in [2.75, 3.05) is 33.2 Å². The molecule has 146 valence electrons. The van der Waals surface area contributed by atoms with Gasteiger partial charge in [0.25, 0.3) is 0 Å². The fourth-order valence-corrected chi connectivity index (χ4v) is 3.17. The number of nitrogens with zero attached hydrogens (tertiary/aromatic N) is 2. The molecule has 1 aliphatic heterocycles.